The molecule has 1 heterocycles. The van der Waals surface area contributed by atoms with E-state index in [0.29, 0.717) is 12.5 Å². The summed E-state index contributed by atoms with van der Waals surface area (Å²) < 4.78 is 0. The molecule has 2 aromatic rings. The standard InChI is InChI=1S/C26H29NO2/c1-17-5-3-6-18(2)26(17)22-8-4-7-20(16-22)24-13-11-21-15-19(10-14-25(28)29)9-12-23(21)27-24/h4-5,7-9,12,15-16,24,27H,3,6,10-11,13-14H2,1-2H3,(H,28,29). The molecule has 29 heavy (non-hydrogen) atoms. The number of hydrogen-bond acceptors (Lipinski definition) is 2. The maximum absolute atomic E-state index is 10.8. The van der Waals surface area contributed by atoms with Crippen molar-refractivity contribution in [1.29, 1.82) is 0 Å². The van der Waals surface area contributed by atoms with Gasteiger partial charge in [-0.3, -0.25) is 4.79 Å². The highest BCUT2D eigenvalue weighted by molar-refractivity contribution is 5.82. The minimum atomic E-state index is -0.741. The van der Waals surface area contributed by atoms with E-state index in [1.807, 2.05) is 0 Å². The summed E-state index contributed by atoms with van der Waals surface area (Å²) in [5.41, 5.74) is 10.5. The molecule has 1 atom stereocenters. The van der Waals surface area contributed by atoms with Crippen LogP contribution in [0.25, 0.3) is 5.57 Å². The van der Waals surface area contributed by atoms with Gasteiger partial charge >= 0.3 is 5.97 Å². The summed E-state index contributed by atoms with van der Waals surface area (Å²) in [5, 5.41) is 12.6. The van der Waals surface area contributed by atoms with Crippen LogP contribution in [0.1, 0.15) is 67.8 Å². The molecule has 2 aromatic carbocycles. The van der Waals surface area contributed by atoms with E-state index in [4.69, 9.17) is 5.11 Å². The lowest BCUT2D eigenvalue weighted by Gasteiger charge is -2.28. The molecule has 0 saturated carbocycles. The van der Waals surface area contributed by atoms with Crippen molar-refractivity contribution in [2.24, 2.45) is 0 Å². The van der Waals surface area contributed by atoms with Crippen LogP contribution in [0.4, 0.5) is 5.69 Å². The fourth-order valence-electron chi connectivity index (χ4n) is 4.67. The number of anilines is 1. The van der Waals surface area contributed by atoms with Gasteiger partial charge in [-0.25, -0.2) is 0 Å². The van der Waals surface area contributed by atoms with Gasteiger partial charge in [0.15, 0.2) is 0 Å². The number of rotatable bonds is 5. The molecule has 0 radical (unpaired) electrons. The molecule has 2 aliphatic rings. The van der Waals surface area contributed by atoms with E-state index in [0.717, 1.165) is 31.2 Å². The minimum Gasteiger partial charge on any atom is -0.481 e. The summed E-state index contributed by atoms with van der Waals surface area (Å²) in [6.45, 7) is 4.48. The van der Waals surface area contributed by atoms with E-state index in [1.54, 1.807) is 0 Å². The molecule has 4 rings (SSSR count). The first-order valence-electron chi connectivity index (χ1n) is 10.6. The Hall–Kier alpha value is -2.81. The molecule has 3 heteroatoms. The Kier molecular flexibility index (Phi) is 5.57. The Morgan fingerprint density at radius 3 is 2.79 bits per heavy atom. The lowest BCUT2D eigenvalue weighted by Crippen LogP contribution is -2.18. The van der Waals surface area contributed by atoms with Crippen molar-refractivity contribution in [3.8, 4) is 0 Å². The Balaban J connectivity index is 1.54. The van der Waals surface area contributed by atoms with Crippen molar-refractivity contribution < 1.29 is 9.90 Å². The number of fused-ring (bicyclic) bond motifs is 1. The highest BCUT2D eigenvalue weighted by Gasteiger charge is 2.21. The minimum absolute atomic E-state index is 0.185. The van der Waals surface area contributed by atoms with Crippen LogP contribution in [0.15, 0.2) is 59.7 Å². The first kappa shape index (κ1) is 19.5. The second kappa shape index (κ2) is 8.28. The smallest absolute Gasteiger partial charge is 0.303 e. The Morgan fingerprint density at radius 1 is 1.14 bits per heavy atom. The van der Waals surface area contributed by atoms with E-state index in [2.05, 4.69) is 67.7 Å². The Labute approximate surface area is 173 Å². The van der Waals surface area contributed by atoms with Gasteiger partial charge in [0.2, 0.25) is 0 Å². The summed E-state index contributed by atoms with van der Waals surface area (Å²) in [4.78, 5) is 10.8. The van der Waals surface area contributed by atoms with Crippen LogP contribution in [-0.4, -0.2) is 11.1 Å². The van der Waals surface area contributed by atoms with Gasteiger partial charge in [0.05, 0.1) is 6.04 Å². The lowest BCUT2D eigenvalue weighted by molar-refractivity contribution is -0.136. The van der Waals surface area contributed by atoms with E-state index >= 15 is 0 Å². The highest BCUT2D eigenvalue weighted by Crippen LogP contribution is 2.37. The number of carboxylic acids is 1. The van der Waals surface area contributed by atoms with E-state index < -0.39 is 5.97 Å². The molecule has 0 spiro atoms. The number of hydrogen-bond donors (Lipinski definition) is 2. The van der Waals surface area contributed by atoms with Crippen LogP contribution in [0, 0.1) is 0 Å². The first-order chi connectivity index (χ1) is 14.0. The van der Waals surface area contributed by atoms with Crippen molar-refractivity contribution in [2.75, 3.05) is 5.32 Å². The molecule has 3 nitrogen and oxygen atoms in total. The summed E-state index contributed by atoms with van der Waals surface area (Å²) in [5.74, 6) is -0.741. The molecule has 0 saturated heterocycles. The van der Waals surface area contributed by atoms with Crippen LogP contribution in [0.3, 0.4) is 0 Å². The molecule has 0 bridgehead atoms. The zero-order valence-corrected chi connectivity index (χ0v) is 17.3. The van der Waals surface area contributed by atoms with Crippen molar-refractivity contribution >= 4 is 17.2 Å². The predicted molar refractivity (Wildman–Crippen MR) is 119 cm³/mol. The number of carboxylic acid groups (broad SMARTS) is 1. The van der Waals surface area contributed by atoms with Crippen LogP contribution < -0.4 is 5.32 Å². The van der Waals surface area contributed by atoms with Crippen LogP contribution in [0.2, 0.25) is 0 Å². The topological polar surface area (TPSA) is 49.3 Å². The number of aryl methyl sites for hydroxylation is 2. The lowest BCUT2D eigenvalue weighted by atomic mass is 9.85. The molecule has 2 N–H and O–H groups in total. The number of aliphatic carboxylic acids is 1. The zero-order chi connectivity index (χ0) is 20.4. The van der Waals surface area contributed by atoms with Gasteiger partial charge in [-0.05, 0) is 91.5 Å². The van der Waals surface area contributed by atoms with E-state index in [1.165, 1.54) is 39.1 Å². The third-order valence-corrected chi connectivity index (χ3v) is 6.20. The maximum Gasteiger partial charge on any atom is 0.303 e. The summed E-state index contributed by atoms with van der Waals surface area (Å²) in [6.07, 6.45) is 7.49. The number of allylic oxidation sites excluding steroid dienone is 4. The van der Waals surface area contributed by atoms with Crippen molar-refractivity contribution in [1.82, 2.24) is 0 Å². The molecule has 1 unspecified atom stereocenters. The average Bonchev–Trinajstić information content (AvgIpc) is 2.72. The number of carbonyl (C=O) groups is 1. The quantitative estimate of drug-likeness (QED) is 0.631. The molecule has 0 aromatic heterocycles. The van der Waals surface area contributed by atoms with Crippen molar-refractivity contribution in [3.63, 3.8) is 0 Å². The zero-order valence-electron chi connectivity index (χ0n) is 17.3. The fourth-order valence-corrected chi connectivity index (χ4v) is 4.67. The first-order valence-corrected chi connectivity index (χ1v) is 10.6. The predicted octanol–water partition coefficient (Wildman–Crippen LogP) is 6.32. The SMILES string of the molecule is CC1=CCCC(C)=C1c1cccc(C2CCc3cc(CCC(=O)O)ccc3N2)c1. The fraction of sp³-hybridized carbons (Fsp3) is 0.346. The van der Waals surface area contributed by atoms with Gasteiger partial charge in [0.25, 0.3) is 0 Å². The molecule has 150 valence electrons. The van der Waals surface area contributed by atoms with E-state index in [-0.39, 0.29) is 6.42 Å². The molecular formula is C26H29NO2. The van der Waals surface area contributed by atoms with E-state index in [9.17, 15) is 4.79 Å². The molecule has 0 fully saturated rings. The Morgan fingerprint density at radius 2 is 2.00 bits per heavy atom. The molecule has 1 aliphatic heterocycles. The van der Waals surface area contributed by atoms with Gasteiger partial charge in [0, 0.05) is 12.1 Å². The highest BCUT2D eigenvalue weighted by atomic mass is 16.4. The Bertz CT molecular complexity index is 1000. The second-order valence-electron chi connectivity index (χ2n) is 8.33. The number of benzene rings is 2. The van der Waals surface area contributed by atoms with Crippen molar-refractivity contribution in [3.05, 3.63) is 81.9 Å². The third-order valence-electron chi connectivity index (χ3n) is 6.20. The summed E-state index contributed by atoms with van der Waals surface area (Å²) in [7, 11) is 0. The monoisotopic (exact) mass is 387 g/mol. The molecule has 1 aliphatic carbocycles. The third kappa shape index (κ3) is 4.29. The van der Waals surface area contributed by atoms with Gasteiger partial charge in [0.1, 0.15) is 0 Å². The van der Waals surface area contributed by atoms with Crippen molar-refractivity contribution in [2.45, 2.75) is 58.4 Å². The number of nitrogens with one attached hydrogen (secondary N) is 1. The molecule has 0 amide bonds. The largest absolute Gasteiger partial charge is 0.481 e. The van der Waals surface area contributed by atoms with Gasteiger partial charge in [-0.1, -0.05) is 42.0 Å². The summed E-state index contributed by atoms with van der Waals surface area (Å²) >= 11 is 0. The van der Waals surface area contributed by atoms with Crippen LogP contribution >= 0.6 is 0 Å². The second-order valence-corrected chi connectivity index (χ2v) is 8.33. The average molecular weight is 388 g/mol. The maximum atomic E-state index is 10.8. The van der Waals surface area contributed by atoms with Gasteiger partial charge in [-0.2, -0.15) is 0 Å². The van der Waals surface area contributed by atoms with Crippen LogP contribution in [-0.2, 0) is 17.6 Å². The van der Waals surface area contributed by atoms with Gasteiger partial charge < -0.3 is 10.4 Å². The summed E-state index contributed by atoms with van der Waals surface area (Å²) in [6, 6.07) is 15.6. The van der Waals surface area contributed by atoms with Crippen LogP contribution in [0.5, 0.6) is 0 Å². The molecular weight excluding hydrogens is 358 g/mol. The van der Waals surface area contributed by atoms with Gasteiger partial charge in [-0.15, -0.1) is 0 Å². The normalized spacial score (nSPS) is 18.7.